The molecule has 1 aromatic heterocycles. The summed E-state index contributed by atoms with van der Waals surface area (Å²) < 4.78 is 69.1. The summed E-state index contributed by atoms with van der Waals surface area (Å²) in [5.74, 6) is -2.13. The molecule has 0 fully saturated rings. The number of nitrogens with zero attached hydrogens (tertiary/aromatic N) is 1. The fourth-order valence-electron chi connectivity index (χ4n) is 2.22. The van der Waals surface area contributed by atoms with Gasteiger partial charge in [-0.3, -0.25) is 4.79 Å². The monoisotopic (exact) mass is 479 g/mol. The third-order valence-electron chi connectivity index (χ3n) is 3.55. The number of halogens is 4. The van der Waals surface area contributed by atoms with E-state index in [0.717, 1.165) is 0 Å². The maximum absolute atomic E-state index is 12.6. The molecule has 2 rings (SSSR count). The fraction of sp³-hybridized carbons (Fsp3) is 0.278. The molecule has 0 unspecified atom stereocenters. The Balaban J connectivity index is 1.96. The van der Waals surface area contributed by atoms with E-state index < -0.39 is 45.3 Å². The van der Waals surface area contributed by atoms with Crippen molar-refractivity contribution in [2.75, 3.05) is 11.9 Å². The predicted molar refractivity (Wildman–Crippen MR) is 105 cm³/mol. The zero-order valence-corrected chi connectivity index (χ0v) is 17.7. The number of amides is 1. The molecule has 0 saturated heterocycles. The molecular weight excluding hydrogens is 463 g/mol. The van der Waals surface area contributed by atoms with Crippen LogP contribution in [0.1, 0.15) is 29.8 Å². The van der Waals surface area contributed by atoms with Crippen molar-refractivity contribution < 1.29 is 35.9 Å². The molecule has 1 amide bonds. The van der Waals surface area contributed by atoms with Crippen LogP contribution in [0.3, 0.4) is 0 Å². The normalized spacial score (nSPS) is 12.0. The Bertz CT molecular complexity index is 1070. The SMILES string of the molecule is CC(C)NS(=O)(=O)c1ccc(C(=O)OCC(=O)Nc2ncc(C(F)(F)F)cc2Cl)cc1. The topological polar surface area (TPSA) is 114 Å². The molecule has 13 heteroatoms. The highest BCUT2D eigenvalue weighted by molar-refractivity contribution is 7.89. The minimum Gasteiger partial charge on any atom is -0.452 e. The largest absolute Gasteiger partial charge is 0.452 e. The third-order valence-corrected chi connectivity index (χ3v) is 5.51. The quantitative estimate of drug-likeness (QED) is 0.589. The van der Waals surface area contributed by atoms with Gasteiger partial charge in [0.15, 0.2) is 12.4 Å². The van der Waals surface area contributed by atoms with Crippen molar-refractivity contribution in [2.45, 2.75) is 31.0 Å². The first kappa shape index (κ1) is 24.6. The van der Waals surface area contributed by atoms with Gasteiger partial charge in [-0.15, -0.1) is 0 Å². The van der Waals surface area contributed by atoms with E-state index in [1.807, 2.05) is 0 Å². The first-order chi connectivity index (χ1) is 14.3. The summed E-state index contributed by atoms with van der Waals surface area (Å²) in [5.41, 5.74) is -1.10. The number of hydrogen-bond donors (Lipinski definition) is 2. The molecule has 0 spiro atoms. The Morgan fingerprint density at radius 3 is 2.32 bits per heavy atom. The predicted octanol–water partition coefficient (Wildman–Crippen LogP) is 3.24. The summed E-state index contributed by atoms with van der Waals surface area (Å²) in [6.07, 6.45) is -4.15. The molecule has 0 saturated carbocycles. The number of carbonyl (C=O) groups is 2. The number of sulfonamides is 1. The van der Waals surface area contributed by atoms with E-state index in [4.69, 9.17) is 16.3 Å². The van der Waals surface area contributed by atoms with Crippen LogP contribution in [0.15, 0.2) is 41.4 Å². The van der Waals surface area contributed by atoms with E-state index in [2.05, 4.69) is 15.0 Å². The minimum absolute atomic E-state index is 0.0121. The van der Waals surface area contributed by atoms with Gasteiger partial charge in [0.1, 0.15) is 0 Å². The highest BCUT2D eigenvalue weighted by Gasteiger charge is 2.31. The van der Waals surface area contributed by atoms with Gasteiger partial charge in [-0.1, -0.05) is 11.6 Å². The Morgan fingerprint density at radius 1 is 1.19 bits per heavy atom. The van der Waals surface area contributed by atoms with Crippen molar-refractivity contribution in [1.82, 2.24) is 9.71 Å². The van der Waals surface area contributed by atoms with Gasteiger partial charge in [0.25, 0.3) is 5.91 Å². The zero-order chi connectivity index (χ0) is 23.4. The van der Waals surface area contributed by atoms with Crippen LogP contribution in [0.25, 0.3) is 0 Å². The lowest BCUT2D eigenvalue weighted by Gasteiger charge is -2.11. The Morgan fingerprint density at radius 2 is 1.81 bits per heavy atom. The highest BCUT2D eigenvalue weighted by atomic mass is 35.5. The number of hydrogen-bond acceptors (Lipinski definition) is 6. The number of anilines is 1. The summed E-state index contributed by atoms with van der Waals surface area (Å²) in [6.45, 7) is 2.54. The van der Waals surface area contributed by atoms with E-state index in [9.17, 15) is 31.2 Å². The Labute approximate surface area is 180 Å². The molecular formula is C18H17ClF3N3O5S. The number of esters is 1. The number of pyridine rings is 1. The molecule has 1 heterocycles. The van der Waals surface area contributed by atoms with E-state index >= 15 is 0 Å². The average molecular weight is 480 g/mol. The van der Waals surface area contributed by atoms with Crippen molar-refractivity contribution in [3.05, 3.63) is 52.7 Å². The molecule has 1 aromatic carbocycles. The molecule has 0 radical (unpaired) electrons. The molecule has 31 heavy (non-hydrogen) atoms. The molecule has 168 valence electrons. The van der Waals surface area contributed by atoms with Crippen molar-refractivity contribution in [3.63, 3.8) is 0 Å². The summed E-state index contributed by atoms with van der Waals surface area (Å²) in [7, 11) is -3.73. The van der Waals surface area contributed by atoms with Crippen LogP contribution in [0.4, 0.5) is 19.0 Å². The minimum atomic E-state index is -4.64. The second-order valence-corrected chi connectivity index (χ2v) is 8.60. The molecule has 8 nitrogen and oxygen atoms in total. The zero-order valence-electron chi connectivity index (χ0n) is 16.2. The summed E-state index contributed by atoms with van der Waals surface area (Å²) >= 11 is 5.68. The van der Waals surface area contributed by atoms with Crippen molar-refractivity contribution in [3.8, 4) is 0 Å². The molecule has 2 N–H and O–H groups in total. The lowest BCUT2D eigenvalue weighted by Crippen LogP contribution is -2.30. The summed E-state index contributed by atoms with van der Waals surface area (Å²) in [4.78, 5) is 27.3. The summed E-state index contributed by atoms with van der Waals surface area (Å²) in [5, 5.41) is 1.69. The molecule has 0 bridgehead atoms. The van der Waals surface area contributed by atoms with Crippen molar-refractivity contribution in [2.24, 2.45) is 0 Å². The van der Waals surface area contributed by atoms with Gasteiger partial charge in [-0.05, 0) is 44.2 Å². The fourth-order valence-corrected chi connectivity index (χ4v) is 3.68. The lowest BCUT2D eigenvalue weighted by molar-refractivity contribution is -0.137. The molecule has 0 aliphatic heterocycles. The van der Waals surface area contributed by atoms with Gasteiger partial charge >= 0.3 is 12.1 Å². The summed E-state index contributed by atoms with van der Waals surface area (Å²) in [6, 6.07) is 5.11. The maximum atomic E-state index is 12.6. The smallest absolute Gasteiger partial charge is 0.417 e. The first-order valence-electron chi connectivity index (χ1n) is 8.61. The van der Waals surface area contributed by atoms with Crippen LogP contribution < -0.4 is 10.0 Å². The highest BCUT2D eigenvalue weighted by Crippen LogP contribution is 2.32. The van der Waals surface area contributed by atoms with Crippen molar-refractivity contribution in [1.29, 1.82) is 0 Å². The number of carbonyl (C=O) groups excluding carboxylic acids is 2. The van der Waals surface area contributed by atoms with E-state index in [0.29, 0.717) is 12.3 Å². The van der Waals surface area contributed by atoms with Gasteiger partial charge in [-0.25, -0.2) is 22.9 Å². The Hall–Kier alpha value is -2.70. The van der Waals surface area contributed by atoms with Gasteiger partial charge in [0.2, 0.25) is 10.0 Å². The number of alkyl halides is 3. The van der Waals surface area contributed by atoms with Crippen LogP contribution in [-0.2, 0) is 25.7 Å². The van der Waals surface area contributed by atoms with Gasteiger partial charge < -0.3 is 10.1 Å². The number of aromatic nitrogens is 1. The third kappa shape index (κ3) is 6.91. The second-order valence-electron chi connectivity index (χ2n) is 6.48. The standard InChI is InChI=1S/C18H17ClF3N3O5S/c1-10(2)25-31(28,29)13-5-3-11(4-6-13)17(27)30-9-15(26)24-16-14(19)7-12(8-23-16)18(20,21)22/h3-8,10,25H,9H2,1-2H3,(H,23,24,26). The van der Waals surface area contributed by atoms with Crippen LogP contribution in [-0.4, -0.2) is 37.9 Å². The Kier molecular flexibility index (Phi) is 7.63. The van der Waals surface area contributed by atoms with Gasteiger partial charge in [0, 0.05) is 12.2 Å². The van der Waals surface area contributed by atoms with Crippen molar-refractivity contribution >= 4 is 39.3 Å². The van der Waals surface area contributed by atoms with E-state index in [1.54, 1.807) is 13.8 Å². The van der Waals surface area contributed by atoms with Gasteiger partial charge in [-0.2, -0.15) is 13.2 Å². The van der Waals surface area contributed by atoms with Crippen LogP contribution in [0.5, 0.6) is 0 Å². The second kappa shape index (κ2) is 9.62. The molecule has 2 aromatic rings. The number of nitrogens with one attached hydrogen (secondary N) is 2. The first-order valence-corrected chi connectivity index (χ1v) is 10.5. The molecule has 0 aliphatic rings. The van der Waals surface area contributed by atoms with E-state index in [1.165, 1.54) is 24.3 Å². The van der Waals surface area contributed by atoms with Crippen LogP contribution in [0, 0.1) is 0 Å². The average Bonchev–Trinajstić information content (AvgIpc) is 2.66. The lowest BCUT2D eigenvalue weighted by atomic mass is 10.2. The maximum Gasteiger partial charge on any atom is 0.417 e. The molecule has 0 aliphatic carbocycles. The number of ether oxygens (including phenoxy) is 1. The number of rotatable bonds is 7. The van der Waals surface area contributed by atoms with Gasteiger partial charge in [0.05, 0.1) is 21.0 Å². The number of benzene rings is 1. The van der Waals surface area contributed by atoms with Crippen LogP contribution in [0.2, 0.25) is 5.02 Å². The molecule has 0 atom stereocenters. The van der Waals surface area contributed by atoms with E-state index in [-0.39, 0.29) is 22.3 Å². The van der Waals surface area contributed by atoms with Crippen LogP contribution >= 0.6 is 11.6 Å².